The lowest BCUT2D eigenvalue weighted by atomic mass is 9.90. The molecule has 2 heteroatoms. The molecule has 0 unspecified atom stereocenters. The van der Waals surface area contributed by atoms with Gasteiger partial charge < -0.3 is 4.74 Å². The Morgan fingerprint density at radius 3 is 2.36 bits per heavy atom. The highest BCUT2D eigenvalue weighted by Gasteiger charge is 2.23. The summed E-state index contributed by atoms with van der Waals surface area (Å²) in [6, 6.07) is 0. The van der Waals surface area contributed by atoms with Gasteiger partial charge in [-0.1, -0.05) is 20.8 Å². The van der Waals surface area contributed by atoms with Crippen molar-refractivity contribution in [1.29, 1.82) is 0 Å². The summed E-state index contributed by atoms with van der Waals surface area (Å²) < 4.78 is 5.29. The minimum Gasteiger partial charge on any atom is -0.380 e. The van der Waals surface area contributed by atoms with Gasteiger partial charge in [0.25, 0.3) is 0 Å². The molecule has 0 heterocycles. The quantitative estimate of drug-likeness (QED) is 0.572. The first-order valence-corrected chi connectivity index (χ1v) is 4.09. The van der Waals surface area contributed by atoms with Crippen molar-refractivity contribution in [2.24, 2.45) is 5.41 Å². The molecule has 0 aliphatic carbocycles. The largest absolute Gasteiger partial charge is 0.380 e. The Labute approximate surface area is 68.9 Å². The van der Waals surface area contributed by atoms with E-state index in [1.54, 1.807) is 6.92 Å². The van der Waals surface area contributed by atoms with Crippen molar-refractivity contribution in [2.45, 2.75) is 34.1 Å². The van der Waals surface area contributed by atoms with Crippen LogP contribution in [0.1, 0.15) is 34.1 Å². The van der Waals surface area contributed by atoms with Gasteiger partial charge in [0, 0.05) is 12.0 Å². The first-order chi connectivity index (χ1) is 5.00. The number of hydrogen-bond acceptors (Lipinski definition) is 2. The lowest BCUT2D eigenvalue weighted by Crippen LogP contribution is -2.27. The molecular weight excluding hydrogens is 140 g/mol. The van der Waals surface area contributed by atoms with E-state index in [2.05, 4.69) is 6.92 Å². The maximum Gasteiger partial charge on any atom is 0.137 e. The molecule has 0 aliphatic rings. The van der Waals surface area contributed by atoms with E-state index in [-0.39, 0.29) is 11.2 Å². The molecule has 0 aromatic carbocycles. The molecule has 0 aliphatic heterocycles. The fourth-order valence-corrected chi connectivity index (χ4v) is 0.573. The van der Waals surface area contributed by atoms with Gasteiger partial charge in [0.15, 0.2) is 0 Å². The fraction of sp³-hybridized carbons (Fsp3) is 0.889. The van der Waals surface area contributed by atoms with E-state index < -0.39 is 0 Å². The number of rotatable bonds is 5. The zero-order chi connectivity index (χ0) is 8.91. The maximum atomic E-state index is 11.0. The molecule has 0 rings (SSSR count). The molecule has 0 aromatic heterocycles. The third kappa shape index (κ3) is 4.14. The van der Waals surface area contributed by atoms with E-state index in [1.165, 1.54) is 0 Å². The second-order valence-corrected chi connectivity index (χ2v) is 3.49. The molecular formula is C9H18O2. The number of carbonyl (C=O) groups excluding carboxylic acids is 1. The summed E-state index contributed by atoms with van der Waals surface area (Å²) in [7, 11) is 0. The average Bonchev–Trinajstić information content (AvgIpc) is 1.88. The minimum atomic E-state index is -0.310. The molecule has 0 N–H and O–H groups in total. The Bertz CT molecular complexity index is 128. The van der Waals surface area contributed by atoms with Gasteiger partial charge in [-0.15, -0.1) is 0 Å². The second-order valence-electron chi connectivity index (χ2n) is 3.49. The molecule has 0 bridgehead atoms. The standard InChI is InChI=1S/C9H18O2/c1-5-6-11-7-9(3,4)8(2)10/h5-7H2,1-4H3. The van der Waals surface area contributed by atoms with E-state index in [0.29, 0.717) is 6.61 Å². The van der Waals surface area contributed by atoms with Crippen LogP contribution >= 0.6 is 0 Å². The van der Waals surface area contributed by atoms with Crippen LogP contribution in [0.2, 0.25) is 0 Å². The summed E-state index contributed by atoms with van der Waals surface area (Å²) in [4.78, 5) is 11.0. The number of ketones is 1. The first kappa shape index (κ1) is 10.6. The van der Waals surface area contributed by atoms with Crippen molar-refractivity contribution < 1.29 is 9.53 Å². The summed E-state index contributed by atoms with van der Waals surface area (Å²) in [6.07, 6.45) is 1.01. The number of hydrogen-bond donors (Lipinski definition) is 0. The maximum absolute atomic E-state index is 11.0. The Morgan fingerprint density at radius 1 is 1.45 bits per heavy atom. The average molecular weight is 158 g/mol. The molecule has 66 valence electrons. The molecule has 0 saturated heterocycles. The van der Waals surface area contributed by atoms with Gasteiger partial charge in [-0.3, -0.25) is 4.79 Å². The van der Waals surface area contributed by atoms with Crippen molar-refractivity contribution in [3.8, 4) is 0 Å². The van der Waals surface area contributed by atoms with E-state index in [1.807, 2.05) is 13.8 Å². The van der Waals surface area contributed by atoms with Crippen LogP contribution < -0.4 is 0 Å². The summed E-state index contributed by atoms with van der Waals surface area (Å²) >= 11 is 0. The van der Waals surface area contributed by atoms with Crippen LogP contribution in [0.4, 0.5) is 0 Å². The minimum absolute atomic E-state index is 0.189. The second kappa shape index (κ2) is 4.50. The van der Waals surface area contributed by atoms with Crippen LogP contribution in [0.3, 0.4) is 0 Å². The summed E-state index contributed by atoms with van der Waals surface area (Å²) in [6.45, 7) is 8.76. The third-order valence-corrected chi connectivity index (χ3v) is 1.76. The van der Waals surface area contributed by atoms with Crippen molar-refractivity contribution in [2.75, 3.05) is 13.2 Å². The third-order valence-electron chi connectivity index (χ3n) is 1.76. The van der Waals surface area contributed by atoms with Gasteiger partial charge in [-0.25, -0.2) is 0 Å². The van der Waals surface area contributed by atoms with Gasteiger partial charge in [0.2, 0.25) is 0 Å². The Hall–Kier alpha value is -0.370. The summed E-state index contributed by atoms with van der Waals surface area (Å²) in [5.41, 5.74) is -0.310. The molecule has 0 aromatic rings. The van der Waals surface area contributed by atoms with Crippen molar-refractivity contribution >= 4 is 5.78 Å². The van der Waals surface area contributed by atoms with E-state index in [0.717, 1.165) is 13.0 Å². The Morgan fingerprint density at radius 2 is 2.00 bits per heavy atom. The lowest BCUT2D eigenvalue weighted by molar-refractivity contribution is -0.128. The zero-order valence-electron chi connectivity index (χ0n) is 7.94. The summed E-state index contributed by atoms with van der Waals surface area (Å²) in [5.74, 6) is 0.189. The molecule has 0 atom stereocenters. The normalized spacial score (nSPS) is 11.6. The first-order valence-electron chi connectivity index (χ1n) is 4.09. The molecule has 0 spiro atoms. The van der Waals surface area contributed by atoms with E-state index >= 15 is 0 Å². The van der Waals surface area contributed by atoms with Crippen LogP contribution in [0, 0.1) is 5.41 Å². The molecule has 0 radical (unpaired) electrons. The molecule has 2 nitrogen and oxygen atoms in total. The fourth-order valence-electron chi connectivity index (χ4n) is 0.573. The smallest absolute Gasteiger partial charge is 0.137 e. The van der Waals surface area contributed by atoms with Gasteiger partial charge >= 0.3 is 0 Å². The molecule has 0 saturated carbocycles. The summed E-state index contributed by atoms with van der Waals surface area (Å²) in [5, 5.41) is 0. The highest BCUT2D eigenvalue weighted by Crippen LogP contribution is 2.16. The van der Waals surface area contributed by atoms with Crippen molar-refractivity contribution in [3.63, 3.8) is 0 Å². The Kier molecular flexibility index (Phi) is 4.34. The van der Waals surface area contributed by atoms with Crippen LogP contribution in [-0.4, -0.2) is 19.0 Å². The highest BCUT2D eigenvalue weighted by atomic mass is 16.5. The van der Waals surface area contributed by atoms with Gasteiger partial charge in [-0.2, -0.15) is 0 Å². The van der Waals surface area contributed by atoms with Crippen molar-refractivity contribution in [1.82, 2.24) is 0 Å². The topological polar surface area (TPSA) is 26.3 Å². The number of ether oxygens (including phenoxy) is 1. The van der Waals surface area contributed by atoms with Crippen molar-refractivity contribution in [3.05, 3.63) is 0 Å². The predicted molar refractivity (Wildman–Crippen MR) is 45.6 cm³/mol. The highest BCUT2D eigenvalue weighted by molar-refractivity contribution is 5.81. The van der Waals surface area contributed by atoms with Crippen LogP contribution in [0.15, 0.2) is 0 Å². The monoisotopic (exact) mass is 158 g/mol. The van der Waals surface area contributed by atoms with Gasteiger partial charge in [-0.05, 0) is 13.3 Å². The molecule has 0 amide bonds. The number of Topliss-reactive ketones (excluding diaryl/α,β-unsaturated/α-hetero) is 1. The number of carbonyl (C=O) groups is 1. The van der Waals surface area contributed by atoms with E-state index in [4.69, 9.17) is 4.74 Å². The SMILES string of the molecule is CCCOCC(C)(C)C(C)=O. The van der Waals surface area contributed by atoms with Gasteiger partial charge in [0.05, 0.1) is 6.61 Å². The van der Waals surface area contributed by atoms with Crippen LogP contribution in [-0.2, 0) is 9.53 Å². The lowest BCUT2D eigenvalue weighted by Gasteiger charge is -2.20. The van der Waals surface area contributed by atoms with Gasteiger partial charge in [0.1, 0.15) is 5.78 Å². The zero-order valence-corrected chi connectivity index (χ0v) is 7.94. The van der Waals surface area contributed by atoms with Crippen LogP contribution in [0.5, 0.6) is 0 Å². The Balaban J connectivity index is 3.64. The van der Waals surface area contributed by atoms with Crippen LogP contribution in [0.25, 0.3) is 0 Å². The molecule has 11 heavy (non-hydrogen) atoms. The molecule has 0 fully saturated rings. The predicted octanol–water partition coefficient (Wildman–Crippen LogP) is 2.03. The van der Waals surface area contributed by atoms with E-state index in [9.17, 15) is 4.79 Å².